The van der Waals surface area contributed by atoms with Crippen LogP contribution in [0.15, 0.2) is 22.9 Å². The van der Waals surface area contributed by atoms with Crippen molar-refractivity contribution in [1.29, 1.82) is 0 Å². The van der Waals surface area contributed by atoms with Crippen LogP contribution in [-0.4, -0.2) is 34.3 Å². The first-order chi connectivity index (χ1) is 11.6. The first kappa shape index (κ1) is 17.1. The van der Waals surface area contributed by atoms with Gasteiger partial charge in [-0.2, -0.15) is 0 Å². The zero-order chi connectivity index (χ0) is 17.1. The van der Waals surface area contributed by atoms with E-state index < -0.39 is 0 Å². The predicted molar refractivity (Wildman–Crippen MR) is 96.8 cm³/mol. The van der Waals surface area contributed by atoms with Crippen molar-refractivity contribution in [1.82, 2.24) is 15.2 Å². The van der Waals surface area contributed by atoms with E-state index >= 15 is 0 Å². The number of hydrogen-bond donors (Lipinski definition) is 1. The number of carbonyl (C=O) groups is 2. The minimum Gasteiger partial charge on any atom is -0.349 e. The van der Waals surface area contributed by atoms with Gasteiger partial charge < -0.3 is 10.2 Å². The number of hydrogen-bond acceptors (Lipinski definition) is 5. The van der Waals surface area contributed by atoms with Crippen molar-refractivity contribution in [3.8, 4) is 9.88 Å². The van der Waals surface area contributed by atoms with Crippen molar-refractivity contribution in [3.63, 3.8) is 0 Å². The molecule has 24 heavy (non-hydrogen) atoms. The fraction of sp³-hybridized carbons (Fsp3) is 0.471. The maximum Gasteiger partial charge on any atom is 0.243 e. The van der Waals surface area contributed by atoms with Crippen LogP contribution in [0, 0.1) is 5.92 Å². The van der Waals surface area contributed by atoms with Gasteiger partial charge in [-0.3, -0.25) is 9.59 Å². The highest BCUT2D eigenvalue weighted by atomic mass is 32.1. The van der Waals surface area contributed by atoms with Gasteiger partial charge in [0.05, 0.1) is 17.1 Å². The molecule has 128 valence electrons. The molecule has 0 radical (unpaired) electrons. The standard InChI is InChI=1S/C17H21N3O2S2/c1-11(2)17(22)20-7-3-5-13(20)15(21)18-9-12-10-24-16(19-12)14-6-4-8-23-14/h4,6,8,10-11,13H,3,5,7,9H2,1-2H3,(H,18,21). The summed E-state index contributed by atoms with van der Waals surface area (Å²) in [5.74, 6) is -0.0984. The molecule has 1 fully saturated rings. The summed E-state index contributed by atoms with van der Waals surface area (Å²) in [5, 5.41) is 7.92. The highest BCUT2D eigenvalue weighted by molar-refractivity contribution is 7.20. The largest absolute Gasteiger partial charge is 0.349 e. The molecule has 1 unspecified atom stereocenters. The Morgan fingerprint density at radius 3 is 2.96 bits per heavy atom. The number of aromatic nitrogens is 1. The number of amides is 2. The zero-order valence-electron chi connectivity index (χ0n) is 13.8. The molecule has 3 heterocycles. The summed E-state index contributed by atoms with van der Waals surface area (Å²) >= 11 is 3.24. The van der Waals surface area contributed by atoms with Crippen LogP contribution in [0.1, 0.15) is 32.4 Å². The second-order valence-corrected chi connectivity index (χ2v) is 7.99. The van der Waals surface area contributed by atoms with E-state index in [2.05, 4.69) is 10.3 Å². The Hall–Kier alpha value is -1.73. The molecule has 7 heteroatoms. The lowest BCUT2D eigenvalue weighted by molar-refractivity contribution is -0.140. The molecule has 5 nitrogen and oxygen atoms in total. The van der Waals surface area contributed by atoms with Crippen molar-refractivity contribution >= 4 is 34.5 Å². The molecule has 0 aromatic carbocycles. The lowest BCUT2D eigenvalue weighted by Gasteiger charge is -2.25. The van der Waals surface area contributed by atoms with E-state index in [1.54, 1.807) is 27.6 Å². The minimum atomic E-state index is -0.338. The van der Waals surface area contributed by atoms with Gasteiger partial charge >= 0.3 is 0 Å². The van der Waals surface area contributed by atoms with E-state index in [1.165, 1.54) is 0 Å². The Balaban J connectivity index is 1.58. The van der Waals surface area contributed by atoms with Gasteiger partial charge in [0.1, 0.15) is 11.0 Å². The van der Waals surface area contributed by atoms with Crippen molar-refractivity contribution in [2.75, 3.05) is 6.54 Å². The molecule has 2 amide bonds. The molecular weight excluding hydrogens is 342 g/mol. The summed E-state index contributed by atoms with van der Waals surface area (Å²) < 4.78 is 0. The average molecular weight is 364 g/mol. The zero-order valence-corrected chi connectivity index (χ0v) is 15.5. The van der Waals surface area contributed by atoms with E-state index in [-0.39, 0.29) is 23.8 Å². The molecule has 0 aliphatic carbocycles. The first-order valence-corrected chi connectivity index (χ1v) is 9.88. The van der Waals surface area contributed by atoms with Crippen molar-refractivity contribution in [3.05, 3.63) is 28.6 Å². The van der Waals surface area contributed by atoms with Gasteiger partial charge in [0.25, 0.3) is 0 Å². The Morgan fingerprint density at radius 2 is 2.25 bits per heavy atom. The van der Waals surface area contributed by atoms with E-state index in [1.807, 2.05) is 36.7 Å². The molecular formula is C17H21N3O2S2. The summed E-state index contributed by atoms with van der Waals surface area (Å²) in [6.45, 7) is 4.82. The third-order valence-corrected chi connectivity index (χ3v) is 5.99. The van der Waals surface area contributed by atoms with Gasteiger partial charge in [0.15, 0.2) is 0 Å². The summed E-state index contributed by atoms with van der Waals surface area (Å²) in [5.41, 5.74) is 0.858. The molecule has 1 N–H and O–H groups in total. The lowest BCUT2D eigenvalue weighted by Crippen LogP contribution is -2.47. The summed E-state index contributed by atoms with van der Waals surface area (Å²) in [4.78, 5) is 32.1. The highest BCUT2D eigenvalue weighted by Gasteiger charge is 2.34. The van der Waals surface area contributed by atoms with Crippen LogP contribution in [0.5, 0.6) is 0 Å². The molecule has 2 aromatic rings. The van der Waals surface area contributed by atoms with Crippen LogP contribution in [0.4, 0.5) is 0 Å². The number of thiophene rings is 1. The monoisotopic (exact) mass is 363 g/mol. The highest BCUT2D eigenvalue weighted by Crippen LogP contribution is 2.27. The number of carbonyl (C=O) groups excluding carboxylic acids is 2. The van der Waals surface area contributed by atoms with Crippen molar-refractivity contribution < 1.29 is 9.59 Å². The SMILES string of the molecule is CC(C)C(=O)N1CCCC1C(=O)NCc1csc(-c2cccs2)n1. The Kier molecular flexibility index (Phi) is 5.30. The smallest absolute Gasteiger partial charge is 0.243 e. The third kappa shape index (κ3) is 3.67. The normalized spacial score (nSPS) is 17.5. The molecule has 0 saturated carbocycles. The van der Waals surface area contributed by atoms with Crippen molar-refractivity contribution in [2.24, 2.45) is 5.92 Å². The number of nitrogens with one attached hydrogen (secondary N) is 1. The van der Waals surface area contributed by atoms with Crippen LogP contribution < -0.4 is 5.32 Å². The first-order valence-electron chi connectivity index (χ1n) is 8.12. The maximum atomic E-state index is 12.5. The van der Waals surface area contributed by atoms with E-state index in [0.29, 0.717) is 13.1 Å². The number of likely N-dealkylation sites (tertiary alicyclic amines) is 1. The third-order valence-electron chi connectivity index (χ3n) is 4.06. The Labute approximate surface area is 149 Å². The number of thiazole rings is 1. The van der Waals surface area contributed by atoms with Gasteiger partial charge in [0, 0.05) is 17.8 Å². The maximum absolute atomic E-state index is 12.5. The van der Waals surface area contributed by atoms with Crippen LogP contribution in [0.2, 0.25) is 0 Å². The molecule has 1 saturated heterocycles. The van der Waals surface area contributed by atoms with Crippen LogP contribution in [0.3, 0.4) is 0 Å². The van der Waals surface area contributed by atoms with E-state index in [4.69, 9.17) is 0 Å². The van der Waals surface area contributed by atoms with Gasteiger partial charge in [-0.25, -0.2) is 4.98 Å². The second-order valence-electron chi connectivity index (χ2n) is 6.18. The fourth-order valence-electron chi connectivity index (χ4n) is 2.83. The minimum absolute atomic E-state index is 0.0567. The van der Waals surface area contributed by atoms with E-state index in [0.717, 1.165) is 28.4 Å². The molecule has 1 aliphatic heterocycles. The molecule has 1 aliphatic rings. The molecule has 0 spiro atoms. The predicted octanol–water partition coefficient (Wildman–Crippen LogP) is 3.13. The number of rotatable bonds is 5. The fourth-order valence-corrected chi connectivity index (χ4v) is 4.47. The molecule has 0 bridgehead atoms. The van der Waals surface area contributed by atoms with Gasteiger partial charge in [-0.15, -0.1) is 22.7 Å². The quantitative estimate of drug-likeness (QED) is 0.888. The van der Waals surface area contributed by atoms with Gasteiger partial charge in [-0.1, -0.05) is 19.9 Å². The molecule has 3 rings (SSSR count). The summed E-state index contributed by atoms with van der Waals surface area (Å²) in [6, 6.07) is 3.71. The van der Waals surface area contributed by atoms with Crippen LogP contribution >= 0.6 is 22.7 Å². The van der Waals surface area contributed by atoms with Gasteiger partial charge in [0.2, 0.25) is 11.8 Å². The molecule has 2 aromatic heterocycles. The summed E-state index contributed by atoms with van der Waals surface area (Å²) in [6.07, 6.45) is 1.62. The average Bonchev–Trinajstić information content (AvgIpc) is 3.32. The molecule has 1 atom stereocenters. The Morgan fingerprint density at radius 1 is 1.42 bits per heavy atom. The van der Waals surface area contributed by atoms with Crippen LogP contribution in [0.25, 0.3) is 9.88 Å². The second kappa shape index (κ2) is 7.44. The summed E-state index contributed by atoms with van der Waals surface area (Å²) in [7, 11) is 0. The Bertz CT molecular complexity index is 709. The van der Waals surface area contributed by atoms with Crippen LogP contribution in [-0.2, 0) is 16.1 Å². The van der Waals surface area contributed by atoms with Crippen molar-refractivity contribution in [2.45, 2.75) is 39.3 Å². The lowest BCUT2D eigenvalue weighted by atomic mass is 10.1. The van der Waals surface area contributed by atoms with E-state index in [9.17, 15) is 9.59 Å². The number of nitrogens with zero attached hydrogens (tertiary/aromatic N) is 2. The van der Waals surface area contributed by atoms with Gasteiger partial charge in [-0.05, 0) is 24.3 Å². The topological polar surface area (TPSA) is 62.3 Å².